The largest absolute Gasteiger partial charge is 0.345 e. The molecule has 0 aliphatic carbocycles. The van der Waals surface area contributed by atoms with E-state index >= 15 is 0 Å². The van der Waals surface area contributed by atoms with Crippen LogP contribution < -0.4 is 5.73 Å². The molecular weight excluding hydrogens is 208 g/mol. The van der Waals surface area contributed by atoms with Crippen LogP contribution in [-0.2, 0) is 6.42 Å². The molecule has 0 radical (unpaired) electrons. The highest BCUT2D eigenvalue weighted by atomic mass is 15.0. The van der Waals surface area contributed by atoms with E-state index in [4.69, 9.17) is 5.73 Å². The van der Waals surface area contributed by atoms with Gasteiger partial charge in [-0.2, -0.15) is 0 Å². The number of benzene rings is 1. The average Bonchev–Trinajstić information content (AvgIpc) is 2.68. The van der Waals surface area contributed by atoms with Crippen molar-refractivity contribution < 1.29 is 0 Å². The summed E-state index contributed by atoms with van der Waals surface area (Å²) < 4.78 is 2.34. The zero-order valence-corrected chi connectivity index (χ0v) is 10.6. The van der Waals surface area contributed by atoms with E-state index in [2.05, 4.69) is 54.8 Å². The lowest BCUT2D eigenvalue weighted by molar-refractivity contribution is 0.491. The van der Waals surface area contributed by atoms with Crippen LogP contribution in [-0.4, -0.2) is 11.1 Å². The summed E-state index contributed by atoms with van der Waals surface area (Å²) in [6.45, 7) is 4.95. The maximum Gasteiger partial charge on any atom is 0.0498 e. The first-order valence-electron chi connectivity index (χ1n) is 6.11. The van der Waals surface area contributed by atoms with E-state index in [1.54, 1.807) is 0 Å². The molecule has 2 heteroatoms. The lowest BCUT2D eigenvalue weighted by Crippen LogP contribution is -2.23. The molecule has 1 heterocycles. The van der Waals surface area contributed by atoms with Crippen molar-refractivity contribution in [1.29, 1.82) is 0 Å². The van der Waals surface area contributed by atoms with E-state index in [-0.39, 0.29) is 0 Å². The lowest BCUT2D eigenvalue weighted by Gasteiger charge is -2.21. The Balaban J connectivity index is 2.23. The third-order valence-electron chi connectivity index (χ3n) is 3.28. The Morgan fingerprint density at radius 3 is 2.12 bits per heavy atom. The number of nitrogens with zero attached hydrogens (tertiary/aromatic N) is 1. The van der Waals surface area contributed by atoms with Gasteiger partial charge in [-0.25, -0.2) is 0 Å². The fourth-order valence-corrected chi connectivity index (χ4v) is 2.42. The van der Waals surface area contributed by atoms with Gasteiger partial charge in [-0.3, -0.25) is 0 Å². The summed E-state index contributed by atoms with van der Waals surface area (Å²) in [5.41, 5.74) is 9.84. The highest BCUT2D eigenvalue weighted by Crippen LogP contribution is 2.19. The van der Waals surface area contributed by atoms with Crippen LogP contribution in [0.25, 0.3) is 0 Å². The molecule has 1 aromatic heterocycles. The zero-order valence-electron chi connectivity index (χ0n) is 10.6. The molecule has 90 valence electrons. The van der Waals surface area contributed by atoms with E-state index in [0.717, 1.165) is 6.42 Å². The monoisotopic (exact) mass is 228 g/mol. The predicted octanol–water partition coefficient (Wildman–Crippen LogP) is 2.85. The molecule has 0 aliphatic rings. The molecule has 2 nitrogen and oxygen atoms in total. The molecule has 2 aromatic rings. The molecule has 0 aliphatic heterocycles. The number of aryl methyl sites for hydroxylation is 2. The molecule has 0 amide bonds. The molecule has 0 bridgehead atoms. The van der Waals surface area contributed by atoms with E-state index in [9.17, 15) is 0 Å². The van der Waals surface area contributed by atoms with Gasteiger partial charge in [0.15, 0.2) is 0 Å². The quantitative estimate of drug-likeness (QED) is 0.857. The Kier molecular flexibility index (Phi) is 3.64. The molecule has 0 saturated heterocycles. The molecule has 0 spiro atoms. The molecule has 2 N–H and O–H groups in total. The summed E-state index contributed by atoms with van der Waals surface area (Å²) in [6, 6.07) is 15.2. The van der Waals surface area contributed by atoms with Crippen LogP contribution >= 0.6 is 0 Å². The minimum atomic E-state index is 0.354. The van der Waals surface area contributed by atoms with Crippen LogP contribution in [0.5, 0.6) is 0 Å². The Hall–Kier alpha value is -1.54. The lowest BCUT2D eigenvalue weighted by atomic mass is 10.1. The summed E-state index contributed by atoms with van der Waals surface area (Å²) in [6.07, 6.45) is 0.994. The highest BCUT2D eigenvalue weighted by Gasteiger charge is 2.13. The summed E-state index contributed by atoms with van der Waals surface area (Å²) >= 11 is 0. The standard InChI is InChI=1S/C15H20N2/c1-12-8-9-13(2)17(12)15(11-16)10-14-6-4-3-5-7-14/h3-9,15H,10-11,16H2,1-2H3. The van der Waals surface area contributed by atoms with Gasteiger partial charge in [0.25, 0.3) is 0 Å². The third kappa shape index (κ3) is 2.59. The minimum absolute atomic E-state index is 0.354. The van der Waals surface area contributed by atoms with Crippen molar-refractivity contribution in [2.75, 3.05) is 6.54 Å². The van der Waals surface area contributed by atoms with Gasteiger partial charge >= 0.3 is 0 Å². The van der Waals surface area contributed by atoms with E-state index in [0.29, 0.717) is 12.6 Å². The number of hydrogen-bond acceptors (Lipinski definition) is 1. The second kappa shape index (κ2) is 5.19. The van der Waals surface area contributed by atoms with Crippen molar-refractivity contribution in [3.8, 4) is 0 Å². The van der Waals surface area contributed by atoms with Gasteiger partial charge < -0.3 is 10.3 Å². The first-order chi connectivity index (χ1) is 8.22. The van der Waals surface area contributed by atoms with Gasteiger partial charge in [0.05, 0.1) is 0 Å². The van der Waals surface area contributed by atoms with Gasteiger partial charge in [-0.05, 0) is 38.0 Å². The number of rotatable bonds is 4. The molecule has 1 aromatic carbocycles. The summed E-state index contributed by atoms with van der Waals surface area (Å²) in [5.74, 6) is 0. The highest BCUT2D eigenvalue weighted by molar-refractivity contribution is 5.19. The second-order valence-corrected chi connectivity index (χ2v) is 4.57. The Labute approximate surface area is 103 Å². The van der Waals surface area contributed by atoms with Crippen LogP contribution in [0.15, 0.2) is 42.5 Å². The van der Waals surface area contributed by atoms with E-state index < -0.39 is 0 Å². The fourth-order valence-electron chi connectivity index (χ4n) is 2.42. The third-order valence-corrected chi connectivity index (χ3v) is 3.28. The molecular formula is C15H20N2. The van der Waals surface area contributed by atoms with Crippen molar-refractivity contribution in [3.05, 3.63) is 59.4 Å². The molecule has 1 atom stereocenters. The minimum Gasteiger partial charge on any atom is -0.345 e. The number of nitrogens with two attached hydrogens (primary N) is 1. The van der Waals surface area contributed by atoms with Gasteiger partial charge in [0.1, 0.15) is 0 Å². The maximum absolute atomic E-state index is 5.93. The maximum atomic E-state index is 5.93. The number of hydrogen-bond donors (Lipinski definition) is 1. The summed E-state index contributed by atoms with van der Waals surface area (Å²) in [5, 5.41) is 0. The molecule has 1 unspecified atom stereocenters. The van der Waals surface area contributed by atoms with Crippen molar-refractivity contribution in [2.45, 2.75) is 26.3 Å². The second-order valence-electron chi connectivity index (χ2n) is 4.57. The van der Waals surface area contributed by atoms with Crippen LogP contribution in [0, 0.1) is 13.8 Å². The Morgan fingerprint density at radius 2 is 1.59 bits per heavy atom. The molecule has 0 fully saturated rings. The van der Waals surface area contributed by atoms with E-state index in [1.807, 2.05) is 6.07 Å². The topological polar surface area (TPSA) is 30.9 Å². The van der Waals surface area contributed by atoms with Crippen molar-refractivity contribution >= 4 is 0 Å². The summed E-state index contributed by atoms with van der Waals surface area (Å²) in [7, 11) is 0. The van der Waals surface area contributed by atoms with Crippen LogP contribution in [0.4, 0.5) is 0 Å². The molecule has 2 rings (SSSR count). The van der Waals surface area contributed by atoms with Gasteiger partial charge in [-0.1, -0.05) is 30.3 Å². The molecule has 17 heavy (non-hydrogen) atoms. The Morgan fingerprint density at radius 1 is 1.00 bits per heavy atom. The van der Waals surface area contributed by atoms with Crippen LogP contribution in [0.1, 0.15) is 23.0 Å². The predicted molar refractivity (Wildman–Crippen MR) is 72.1 cm³/mol. The van der Waals surface area contributed by atoms with Crippen molar-refractivity contribution in [1.82, 2.24) is 4.57 Å². The fraction of sp³-hybridized carbons (Fsp3) is 0.333. The first kappa shape index (κ1) is 11.9. The van der Waals surface area contributed by atoms with Crippen LogP contribution in [0.2, 0.25) is 0 Å². The van der Waals surface area contributed by atoms with E-state index in [1.165, 1.54) is 17.0 Å². The SMILES string of the molecule is Cc1ccc(C)n1C(CN)Cc1ccccc1. The van der Waals surface area contributed by atoms with Crippen molar-refractivity contribution in [3.63, 3.8) is 0 Å². The van der Waals surface area contributed by atoms with Gasteiger partial charge in [0, 0.05) is 24.0 Å². The van der Waals surface area contributed by atoms with Crippen molar-refractivity contribution in [2.24, 2.45) is 5.73 Å². The molecule has 0 saturated carbocycles. The normalized spacial score (nSPS) is 12.6. The van der Waals surface area contributed by atoms with Gasteiger partial charge in [-0.15, -0.1) is 0 Å². The zero-order chi connectivity index (χ0) is 12.3. The summed E-state index contributed by atoms with van der Waals surface area (Å²) in [4.78, 5) is 0. The smallest absolute Gasteiger partial charge is 0.0498 e. The van der Waals surface area contributed by atoms with Crippen LogP contribution in [0.3, 0.4) is 0 Å². The number of aromatic nitrogens is 1. The van der Waals surface area contributed by atoms with Gasteiger partial charge in [0.2, 0.25) is 0 Å². The average molecular weight is 228 g/mol. The Bertz CT molecular complexity index is 451. The first-order valence-corrected chi connectivity index (χ1v) is 6.11.